The van der Waals surface area contributed by atoms with E-state index >= 15 is 0 Å². The summed E-state index contributed by atoms with van der Waals surface area (Å²) in [6.45, 7) is 0. The molecule has 94 valence electrons. The van der Waals surface area contributed by atoms with Crippen molar-refractivity contribution in [3.05, 3.63) is 23.0 Å². The second kappa shape index (κ2) is 5.77. The van der Waals surface area contributed by atoms with E-state index in [0.717, 1.165) is 6.07 Å². The van der Waals surface area contributed by atoms with Crippen LogP contribution in [0.3, 0.4) is 0 Å². The molecule has 0 saturated carbocycles. The fourth-order valence-electron chi connectivity index (χ4n) is 1.40. The average Bonchev–Trinajstić information content (AvgIpc) is 2.26. The largest absolute Gasteiger partial charge is 0.494 e. The van der Waals surface area contributed by atoms with Gasteiger partial charge in [-0.05, 0) is 6.07 Å². The molecule has 0 atom stereocenters. The first-order valence-corrected chi connectivity index (χ1v) is 5.15. The van der Waals surface area contributed by atoms with Crippen LogP contribution in [0.2, 0.25) is 0 Å². The lowest BCUT2D eigenvalue weighted by atomic mass is 10.1. The maximum Gasteiger partial charge on any atom is 0.309 e. The van der Waals surface area contributed by atoms with Gasteiger partial charge in [0.05, 0.1) is 36.4 Å². The number of hydrogen-bond acceptors (Lipinski definition) is 3. The molecule has 7 heteroatoms. The van der Waals surface area contributed by atoms with Crippen molar-refractivity contribution in [2.75, 3.05) is 7.11 Å². The first kappa shape index (κ1) is 13.6. The third-order valence-corrected chi connectivity index (χ3v) is 2.28. The van der Waals surface area contributed by atoms with E-state index in [1.54, 1.807) is 0 Å². The summed E-state index contributed by atoms with van der Waals surface area (Å²) in [7, 11) is 1.23. The molecule has 0 aliphatic heterocycles. The van der Waals surface area contributed by atoms with Gasteiger partial charge in [-0.1, -0.05) is 0 Å². The molecule has 0 fully saturated rings. The summed E-state index contributed by atoms with van der Waals surface area (Å²) in [6, 6.07) is 1.02. The van der Waals surface area contributed by atoms with Gasteiger partial charge in [0.2, 0.25) is 0 Å². The summed E-state index contributed by atoms with van der Waals surface area (Å²) in [5.41, 5.74) is -0.248. The van der Waals surface area contributed by atoms with Gasteiger partial charge in [-0.25, -0.2) is 8.78 Å². The Morgan fingerprint density at radius 2 is 2.29 bits per heavy atom. The van der Waals surface area contributed by atoms with Crippen molar-refractivity contribution in [3.63, 3.8) is 0 Å². The van der Waals surface area contributed by atoms with Crippen molar-refractivity contribution in [1.29, 1.82) is 0 Å². The molecule has 0 spiro atoms. The van der Waals surface area contributed by atoms with Crippen molar-refractivity contribution in [2.24, 2.45) is 0 Å². The monoisotopic (exact) mass is 265 g/mol. The van der Waals surface area contributed by atoms with Crippen LogP contribution in [0, 0.1) is 0 Å². The van der Waals surface area contributed by atoms with E-state index in [-0.39, 0.29) is 23.0 Å². The van der Waals surface area contributed by atoms with E-state index in [9.17, 15) is 13.6 Å². The zero-order valence-electron chi connectivity index (χ0n) is 8.91. The van der Waals surface area contributed by atoms with Crippen molar-refractivity contribution >= 4 is 17.6 Å². The third-order valence-electron chi connectivity index (χ3n) is 2.02. The minimum atomic E-state index is -2.78. The minimum Gasteiger partial charge on any atom is -0.494 e. The highest BCUT2D eigenvalue weighted by atomic mass is 35.5. The van der Waals surface area contributed by atoms with Gasteiger partial charge < -0.3 is 9.84 Å². The van der Waals surface area contributed by atoms with Crippen LogP contribution in [-0.4, -0.2) is 23.2 Å². The van der Waals surface area contributed by atoms with E-state index in [2.05, 4.69) is 4.98 Å². The van der Waals surface area contributed by atoms with Crippen LogP contribution in [0.25, 0.3) is 0 Å². The molecule has 17 heavy (non-hydrogen) atoms. The standard InChI is InChI=1S/C10H10ClF2NO3/c1-17-9-6(10(12)13)2-5(3-8(15)16)14-7(9)4-11/h2,10H,3-4H2,1H3,(H,15,16). The maximum absolute atomic E-state index is 12.8. The quantitative estimate of drug-likeness (QED) is 0.831. The van der Waals surface area contributed by atoms with Gasteiger partial charge in [0.1, 0.15) is 0 Å². The lowest BCUT2D eigenvalue weighted by Gasteiger charge is -2.12. The van der Waals surface area contributed by atoms with Crippen molar-refractivity contribution in [3.8, 4) is 5.75 Å². The lowest BCUT2D eigenvalue weighted by molar-refractivity contribution is -0.136. The van der Waals surface area contributed by atoms with Crippen LogP contribution >= 0.6 is 11.6 Å². The molecule has 0 amide bonds. The summed E-state index contributed by atoms with van der Waals surface area (Å²) < 4.78 is 30.3. The molecule has 1 rings (SSSR count). The van der Waals surface area contributed by atoms with Crippen molar-refractivity contribution < 1.29 is 23.4 Å². The van der Waals surface area contributed by atoms with E-state index in [4.69, 9.17) is 21.4 Å². The molecular weight excluding hydrogens is 256 g/mol. The second-order valence-corrected chi connectivity index (χ2v) is 3.45. The number of pyridine rings is 1. The van der Waals surface area contributed by atoms with Gasteiger partial charge >= 0.3 is 5.97 Å². The first-order chi connectivity index (χ1) is 7.99. The Kier molecular flexibility index (Phi) is 4.62. The zero-order chi connectivity index (χ0) is 13.0. The van der Waals surface area contributed by atoms with Gasteiger partial charge in [0.15, 0.2) is 5.75 Å². The number of carboxylic acid groups (broad SMARTS) is 1. The van der Waals surface area contributed by atoms with E-state index < -0.39 is 24.4 Å². The van der Waals surface area contributed by atoms with Crippen LogP contribution in [0.5, 0.6) is 5.75 Å². The smallest absolute Gasteiger partial charge is 0.309 e. The summed E-state index contributed by atoms with van der Waals surface area (Å²) in [5.74, 6) is -1.37. The van der Waals surface area contributed by atoms with Crippen LogP contribution in [0.1, 0.15) is 23.4 Å². The molecule has 1 aromatic heterocycles. The van der Waals surface area contributed by atoms with Crippen LogP contribution in [0.4, 0.5) is 8.78 Å². The Bertz CT molecular complexity index is 426. The summed E-state index contributed by atoms with van der Waals surface area (Å²) in [4.78, 5) is 14.4. The highest BCUT2D eigenvalue weighted by Gasteiger charge is 2.20. The molecule has 1 heterocycles. The highest BCUT2D eigenvalue weighted by molar-refractivity contribution is 6.17. The number of alkyl halides is 3. The Morgan fingerprint density at radius 3 is 2.71 bits per heavy atom. The van der Waals surface area contributed by atoms with Crippen LogP contribution in [-0.2, 0) is 17.1 Å². The van der Waals surface area contributed by atoms with E-state index in [1.807, 2.05) is 0 Å². The molecule has 4 nitrogen and oxygen atoms in total. The number of ether oxygens (including phenoxy) is 1. The number of carboxylic acids is 1. The van der Waals surface area contributed by atoms with Crippen molar-refractivity contribution in [2.45, 2.75) is 18.7 Å². The molecule has 0 radical (unpaired) electrons. The Hall–Kier alpha value is -1.43. The SMILES string of the molecule is COc1c(C(F)F)cc(CC(=O)O)nc1CCl. The van der Waals surface area contributed by atoms with Gasteiger partial charge in [0.25, 0.3) is 6.43 Å². The van der Waals surface area contributed by atoms with Gasteiger partial charge in [-0.15, -0.1) is 11.6 Å². The van der Waals surface area contributed by atoms with E-state index in [1.165, 1.54) is 7.11 Å². The summed E-state index contributed by atoms with van der Waals surface area (Å²) in [5, 5.41) is 8.59. The lowest BCUT2D eigenvalue weighted by Crippen LogP contribution is -2.07. The number of rotatable bonds is 5. The molecule has 0 saturated heterocycles. The molecule has 0 unspecified atom stereocenters. The van der Waals surface area contributed by atoms with Crippen LogP contribution < -0.4 is 4.74 Å². The molecule has 0 aromatic carbocycles. The van der Waals surface area contributed by atoms with E-state index in [0.29, 0.717) is 0 Å². The predicted octanol–water partition coefficient (Wildman–Crippen LogP) is 2.39. The Morgan fingerprint density at radius 1 is 1.65 bits per heavy atom. The summed E-state index contributed by atoms with van der Waals surface area (Å²) in [6.07, 6.45) is -3.21. The second-order valence-electron chi connectivity index (χ2n) is 3.19. The Balaban J connectivity index is 3.29. The van der Waals surface area contributed by atoms with Crippen molar-refractivity contribution in [1.82, 2.24) is 4.98 Å². The summed E-state index contributed by atoms with van der Waals surface area (Å²) >= 11 is 5.56. The van der Waals surface area contributed by atoms with Gasteiger partial charge in [-0.2, -0.15) is 0 Å². The molecule has 0 aliphatic rings. The number of nitrogens with zero attached hydrogens (tertiary/aromatic N) is 1. The topological polar surface area (TPSA) is 59.4 Å². The first-order valence-electron chi connectivity index (χ1n) is 4.62. The number of hydrogen-bond donors (Lipinski definition) is 1. The maximum atomic E-state index is 12.8. The van der Waals surface area contributed by atoms with Gasteiger partial charge in [0, 0.05) is 0 Å². The van der Waals surface area contributed by atoms with Gasteiger partial charge in [-0.3, -0.25) is 9.78 Å². The molecule has 0 aliphatic carbocycles. The zero-order valence-corrected chi connectivity index (χ0v) is 9.67. The number of aromatic nitrogens is 1. The fourth-order valence-corrected chi connectivity index (χ4v) is 1.58. The molecule has 1 N–H and O–H groups in total. The number of halogens is 3. The average molecular weight is 266 g/mol. The molecular formula is C10H10ClF2NO3. The molecule has 0 bridgehead atoms. The predicted molar refractivity (Wildman–Crippen MR) is 56.6 cm³/mol. The minimum absolute atomic E-state index is 0.0317. The highest BCUT2D eigenvalue weighted by Crippen LogP contribution is 2.32. The third kappa shape index (κ3) is 3.26. The normalized spacial score (nSPS) is 10.6. The Labute approximate surface area is 101 Å². The fraction of sp³-hybridized carbons (Fsp3) is 0.400. The molecule has 1 aromatic rings. The van der Waals surface area contributed by atoms with Crippen LogP contribution in [0.15, 0.2) is 6.07 Å². The number of carbonyl (C=O) groups is 1. The number of aliphatic carboxylic acids is 1. The number of methoxy groups -OCH3 is 1.